The lowest BCUT2D eigenvalue weighted by atomic mass is 10.2. The summed E-state index contributed by atoms with van der Waals surface area (Å²) >= 11 is 1.71. The maximum atomic E-state index is 5.87. The molecule has 1 atom stereocenters. The van der Waals surface area contributed by atoms with Gasteiger partial charge in [0.25, 0.3) is 0 Å². The Labute approximate surface area is 140 Å². The molecule has 1 unspecified atom stereocenters. The van der Waals surface area contributed by atoms with E-state index in [1.165, 1.54) is 4.88 Å². The van der Waals surface area contributed by atoms with E-state index in [1.807, 2.05) is 36.5 Å². The van der Waals surface area contributed by atoms with E-state index in [9.17, 15) is 0 Å². The quantitative estimate of drug-likeness (QED) is 0.647. The largest absolute Gasteiger partial charge is 0.491 e. The highest BCUT2D eigenvalue weighted by Gasteiger charge is 2.08. The van der Waals surface area contributed by atoms with Crippen LogP contribution in [0.5, 0.6) is 5.75 Å². The molecule has 0 radical (unpaired) electrons. The average Bonchev–Trinajstić information content (AvgIpc) is 3.24. The summed E-state index contributed by atoms with van der Waals surface area (Å²) in [6.45, 7) is 4.92. The van der Waals surface area contributed by atoms with Gasteiger partial charge < -0.3 is 10.1 Å². The smallest absolute Gasteiger partial charge is 0.121 e. The number of benzene rings is 1. The molecule has 0 amide bonds. The first-order valence-electron chi connectivity index (χ1n) is 7.83. The van der Waals surface area contributed by atoms with Gasteiger partial charge in [0, 0.05) is 23.9 Å². The van der Waals surface area contributed by atoms with Gasteiger partial charge in [0.15, 0.2) is 0 Å². The van der Waals surface area contributed by atoms with Crippen LogP contribution in [0.2, 0.25) is 0 Å². The lowest BCUT2D eigenvalue weighted by Gasteiger charge is -2.14. The Balaban J connectivity index is 1.67. The molecule has 2 N–H and O–H groups in total. The Morgan fingerprint density at radius 3 is 3.00 bits per heavy atom. The molecule has 2 aromatic heterocycles. The monoisotopic (exact) mass is 327 g/mol. The van der Waals surface area contributed by atoms with Crippen LogP contribution in [-0.4, -0.2) is 16.3 Å². The van der Waals surface area contributed by atoms with Gasteiger partial charge in [-0.2, -0.15) is 5.10 Å². The van der Waals surface area contributed by atoms with E-state index in [1.54, 1.807) is 11.3 Å². The second-order valence-corrected chi connectivity index (χ2v) is 6.41. The molecular formula is C18H21N3OS. The average molecular weight is 327 g/mol. The first kappa shape index (κ1) is 15.6. The van der Waals surface area contributed by atoms with Crippen molar-refractivity contribution in [2.24, 2.45) is 0 Å². The summed E-state index contributed by atoms with van der Waals surface area (Å²) in [6, 6.07) is 12.2. The van der Waals surface area contributed by atoms with Crippen LogP contribution < -0.4 is 10.1 Å². The molecule has 1 aromatic carbocycles. The Kier molecular flexibility index (Phi) is 4.98. The third-order valence-corrected chi connectivity index (χ3v) is 4.60. The van der Waals surface area contributed by atoms with Crippen LogP contribution in [-0.2, 0) is 6.54 Å². The third kappa shape index (κ3) is 3.93. The Morgan fingerprint density at radius 2 is 2.22 bits per heavy atom. The maximum Gasteiger partial charge on any atom is 0.121 e. The van der Waals surface area contributed by atoms with Crippen molar-refractivity contribution < 1.29 is 4.74 Å². The molecule has 0 aliphatic rings. The van der Waals surface area contributed by atoms with Crippen LogP contribution in [0.25, 0.3) is 10.6 Å². The van der Waals surface area contributed by atoms with Crippen molar-refractivity contribution in [2.75, 3.05) is 5.32 Å². The molecule has 3 rings (SSSR count). The second kappa shape index (κ2) is 7.33. The van der Waals surface area contributed by atoms with Gasteiger partial charge >= 0.3 is 0 Å². The fraction of sp³-hybridized carbons (Fsp3) is 0.278. The molecule has 0 spiro atoms. The number of H-pyrrole nitrogens is 1. The normalized spacial score (nSPS) is 12.1. The molecule has 0 aliphatic carbocycles. The minimum atomic E-state index is 0.226. The number of nitrogens with one attached hydrogen (secondary N) is 2. The number of rotatable bonds is 7. The summed E-state index contributed by atoms with van der Waals surface area (Å²) < 4.78 is 5.87. The summed E-state index contributed by atoms with van der Waals surface area (Å²) in [5.41, 5.74) is 3.28. The Morgan fingerprint density at radius 1 is 1.30 bits per heavy atom. The van der Waals surface area contributed by atoms with E-state index in [0.29, 0.717) is 0 Å². The Bertz CT molecular complexity index is 736. The molecule has 0 saturated carbocycles. The van der Waals surface area contributed by atoms with Crippen molar-refractivity contribution in [3.8, 4) is 16.3 Å². The van der Waals surface area contributed by atoms with Gasteiger partial charge in [-0.1, -0.05) is 19.1 Å². The first-order valence-corrected chi connectivity index (χ1v) is 8.71. The fourth-order valence-corrected chi connectivity index (χ4v) is 3.03. The van der Waals surface area contributed by atoms with Crippen molar-refractivity contribution in [3.63, 3.8) is 0 Å². The molecule has 0 fully saturated rings. The minimum Gasteiger partial charge on any atom is -0.491 e. The van der Waals surface area contributed by atoms with E-state index in [2.05, 4.69) is 40.8 Å². The summed E-state index contributed by atoms with van der Waals surface area (Å²) in [4.78, 5) is 1.20. The van der Waals surface area contributed by atoms with Gasteiger partial charge in [0.2, 0.25) is 0 Å². The van der Waals surface area contributed by atoms with Crippen molar-refractivity contribution >= 4 is 17.0 Å². The zero-order chi connectivity index (χ0) is 16.1. The van der Waals surface area contributed by atoms with E-state index in [4.69, 9.17) is 4.74 Å². The summed E-state index contributed by atoms with van der Waals surface area (Å²) in [6.07, 6.45) is 3.10. The van der Waals surface area contributed by atoms with E-state index < -0.39 is 0 Å². The van der Waals surface area contributed by atoms with E-state index in [0.717, 1.165) is 35.7 Å². The fourth-order valence-electron chi connectivity index (χ4n) is 2.27. The lowest BCUT2D eigenvalue weighted by Crippen LogP contribution is -2.09. The summed E-state index contributed by atoms with van der Waals surface area (Å²) in [7, 11) is 0. The molecule has 0 bridgehead atoms. The number of aromatic amines is 1. The van der Waals surface area contributed by atoms with Crippen LogP contribution in [0.4, 0.5) is 5.69 Å². The summed E-state index contributed by atoms with van der Waals surface area (Å²) in [5, 5.41) is 12.8. The number of hydrogen-bond acceptors (Lipinski definition) is 4. The van der Waals surface area contributed by atoms with Crippen LogP contribution in [0.3, 0.4) is 0 Å². The predicted molar refractivity (Wildman–Crippen MR) is 96.1 cm³/mol. The van der Waals surface area contributed by atoms with Crippen molar-refractivity contribution in [3.05, 3.63) is 53.5 Å². The molecule has 5 heteroatoms. The number of anilines is 1. The van der Waals surface area contributed by atoms with Gasteiger partial charge in [-0.25, -0.2) is 0 Å². The van der Waals surface area contributed by atoms with Crippen LogP contribution in [0.1, 0.15) is 25.8 Å². The van der Waals surface area contributed by atoms with E-state index in [-0.39, 0.29) is 6.10 Å². The lowest BCUT2D eigenvalue weighted by molar-refractivity contribution is 0.217. The maximum absolute atomic E-state index is 5.87. The number of thiophene rings is 1. The predicted octanol–water partition coefficient (Wildman–Crippen LogP) is 4.93. The molecule has 120 valence electrons. The zero-order valence-corrected chi connectivity index (χ0v) is 14.2. The molecule has 4 nitrogen and oxygen atoms in total. The number of aromatic nitrogens is 2. The molecule has 23 heavy (non-hydrogen) atoms. The zero-order valence-electron chi connectivity index (χ0n) is 13.4. The van der Waals surface area contributed by atoms with Crippen molar-refractivity contribution in [1.29, 1.82) is 0 Å². The molecule has 2 heterocycles. The van der Waals surface area contributed by atoms with Crippen molar-refractivity contribution in [1.82, 2.24) is 10.2 Å². The second-order valence-electron chi connectivity index (χ2n) is 5.47. The van der Waals surface area contributed by atoms with Crippen LogP contribution in [0.15, 0.2) is 48.0 Å². The molecular weight excluding hydrogens is 306 g/mol. The van der Waals surface area contributed by atoms with Gasteiger partial charge in [0.05, 0.1) is 22.9 Å². The summed E-state index contributed by atoms with van der Waals surface area (Å²) in [5.74, 6) is 0.898. The standard InChI is InChI=1S/C18H21N3OS/c1-3-13(2)22-16-7-4-6-15(10-16)19-11-14-12-20-21-18(14)17-8-5-9-23-17/h4-10,12-13,19H,3,11H2,1-2H3,(H,20,21). The SMILES string of the molecule is CCC(C)Oc1cccc(NCc2cn[nH]c2-c2cccs2)c1. The van der Waals surface area contributed by atoms with Crippen molar-refractivity contribution in [2.45, 2.75) is 32.9 Å². The van der Waals surface area contributed by atoms with Crippen LogP contribution in [0, 0.1) is 0 Å². The number of nitrogens with zero attached hydrogens (tertiary/aromatic N) is 1. The number of hydrogen-bond donors (Lipinski definition) is 2. The highest BCUT2D eigenvalue weighted by Crippen LogP contribution is 2.27. The first-order chi connectivity index (χ1) is 11.3. The highest BCUT2D eigenvalue weighted by atomic mass is 32.1. The van der Waals surface area contributed by atoms with Gasteiger partial charge in [0.1, 0.15) is 5.75 Å². The molecule has 0 saturated heterocycles. The third-order valence-electron chi connectivity index (χ3n) is 3.71. The minimum absolute atomic E-state index is 0.226. The van der Waals surface area contributed by atoms with Crippen LogP contribution >= 0.6 is 11.3 Å². The topological polar surface area (TPSA) is 49.9 Å². The number of ether oxygens (including phenoxy) is 1. The van der Waals surface area contributed by atoms with Gasteiger partial charge in [-0.3, -0.25) is 5.10 Å². The van der Waals surface area contributed by atoms with Gasteiger partial charge in [-0.05, 0) is 36.9 Å². The molecule has 0 aliphatic heterocycles. The molecule has 3 aromatic rings. The van der Waals surface area contributed by atoms with E-state index >= 15 is 0 Å². The van der Waals surface area contributed by atoms with Gasteiger partial charge in [-0.15, -0.1) is 11.3 Å². The highest BCUT2D eigenvalue weighted by molar-refractivity contribution is 7.13. The Hall–Kier alpha value is -2.27.